The number of carbonyl (C=O) groups is 1. The molecule has 0 unspecified atom stereocenters. The number of urea groups is 1. The summed E-state index contributed by atoms with van der Waals surface area (Å²) in [6, 6.07) is 8.29. The van der Waals surface area contributed by atoms with Crippen LogP contribution in [0.1, 0.15) is 38.2 Å². The molecule has 1 aliphatic heterocycles. The highest BCUT2D eigenvalue weighted by Crippen LogP contribution is 2.17. The van der Waals surface area contributed by atoms with E-state index in [1.807, 2.05) is 12.1 Å². The molecule has 1 fully saturated rings. The molecule has 1 aliphatic rings. The van der Waals surface area contributed by atoms with Crippen molar-refractivity contribution in [3.8, 4) is 0 Å². The van der Waals surface area contributed by atoms with E-state index in [-0.39, 0.29) is 6.03 Å². The first-order valence-corrected chi connectivity index (χ1v) is 7.53. The lowest BCUT2D eigenvalue weighted by molar-refractivity contribution is -0.884. The molecule has 0 aliphatic carbocycles. The van der Waals surface area contributed by atoms with Crippen molar-refractivity contribution in [1.29, 1.82) is 0 Å². The number of carbonyl (C=O) groups excluding carboxylic acids is 1. The van der Waals surface area contributed by atoms with Gasteiger partial charge in [-0.25, -0.2) is 4.79 Å². The van der Waals surface area contributed by atoms with Gasteiger partial charge in [-0.1, -0.05) is 26.0 Å². The summed E-state index contributed by atoms with van der Waals surface area (Å²) < 4.78 is 0. The lowest BCUT2D eigenvalue weighted by Crippen LogP contribution is -3.10. The van der Waals surface area contributed by atoms with Crippen LogP contribution in [-0.4, -0.2) is 32.2 Å². The Balaban J connectivity index is 1.82. The topological polar surface area (TPSA) is 45.6 Å². The Labute approximate surface area is 121 Å². The minimum atomic E-state index is -0.0909. The van der Waals surface area contributed by atoms with E-state index < -0.39 is 0 Å². The van der Waals surface area contributed by atoms with Crippen LogP contribution in [0.15, 0.2) is 24.3 Å². The SMILES string of the molecule is CC(C)c1ccc(NC(=O)NC2CC[NH+](C)CC2)cc1. The molecule has 0 bridgehead atoms. The summed E-state index contributed by atoms with van der Waals surface area (Å²) in [6.07, 6.45) is 2.12. The average Bonchev–Trinajstić information content (AvgIpc) is 2.42. The van der Waals surface area contributed by atoms with E-state index in [9.17, 15) is 4.79 Å². The van der Waals surface area contributed by atoms with Gasteiger partial charge in [0.2, 0.25) is 0 Å². The summed E-state index contributed by atoms with van der Waals surface area (Å²) in [6.45, 7) is 6.59. The summed E-state index contributed by atoms with van der Waals surface area (Å²) in [7, 11) is 2.20. The van der Waals surface area contributed by atoms with Crippen molar-refractivity contribution in [3.63, 3.8) is 0 Å². The van der Waals surface area contributed by atoms with Gasteiger partial charge in [0, 0.05) is 24.6 Å². The summed E-state index contributed by atoms with van der Waals surface area (Å²) in [4.78, 5) is 13.5. The van der Waals surface area contributed by atoms with Gasteiger partial charge in [0.15, 0.2) is 0 Å². The van der Waals surface area contributed by atoms with Crippen LogP contribution in [0.4, 0.5) is 10.5 Å². The van der Waals surface area contributed by atoms with E-state index in [0.29, 0.717) is 12.0 Å². The monoisotopic (exact) mass is 276 g/mol. The molecular formula is C16H26N3O+. The van der Waals surface area contributed by atoms with Gasteiger partial charge in [0.1, 0.15) is 0 Å². The number of hydrogen-bond donors (Lipinski definition) is 3. The summed E-state index contributed by atoms with van der Waals surface area (Å²) in [5, 5.41) is 5.97. The second kappa shape index (κ2) is 6.75. The van der Waals surface area contributed by atoms with Crippen LogP contribution in [-0.2, 0) is 0 Å². The fourth-order valence-corrected chi connectivity index (χ4v) is 2.56. The van der Waals surface area contributed by atoms with E-state index in [4.69, 9.17) is 0 Å². The fourth-order valence-electron chi connectivity index (χ4n) is 2.56. The highest BCUT2D eigenvalue weighted by Gasteiger charge is 2.20. The van der Waals surface area contributed by atoms with E-state index in [2.05, 4.69) is 43.7 Å². The molecule has 1 heterocycles. The van der Waals surface area contributed by atoms with E-state index in [1.54, 1.807) is 4.90 Å². The first-order chi connectivity index (χ1) is 9.54. The molecule has 20 heavy (non-hydrogen) atoms. The normalized spacial score (nSPS) is 22.6. The van der Waals surface area contributed by atoms with Gasteiger partial charge in [-0.15, -0.1) is 0 Å². The van der Waals surface area contributed by atoms with Crippen LogP contribution in [0, 0.1) is 0 Å². The summed E-state index contributed by atoms with van der Waals surface area (Å²) >= 11 is 0. The molecule has 4 nitrogen and oxygen atoms in total. The number of quaternary nitrogens is 1. The Hall–Kier alpha value is -1.55. The van der Waals surface area contributed by atoms with Crippen LogP contribution >= 0.6 is 0 Å². The number of likely N-dealkylation sites (tertiary alicyclic amines) is 1. The average molecular weight is 276 g/mol. The number of hydrogen-bond acceptors (Lipinski definition) is 1. The molecule has 2 rings (SSSR count). The van der Waals surface area contributed by atoms with Crippen LogP contribution in [0.5, 0.6) is 0 Å². The minimum absolute atomic E-state index is 0.0909. The van der Waals surface area contributed by atoms with Crippen LogP contribution in [0.25, 0.3) is 0 Å². The Bertz CT molecular complexity index is 434. The number of rotatable bonds is 3. The predicted octanol–water partition coefficient (Wildman–Crippen LogP) is 1.61. The molecular weight excluding hydrogens is 250 g/mol. The third-order valence-electron chi connectivity index (χ3n) is 4.01. The van der Waals surface area contributed by atoms with Gasteiger partial charge in [0.25, 0.3) is 0 Å². The Kier molecular flexibility index (Phi) is 5.01. The summed E-state index contributed by atoms with van der Waals surface area (Å²) in [5.74, 6) is 0.514. The molecule has 1 saturated heterocycles. The second-order valence-electron chi connectivity index (χ2n) is 6.11. The fraction of sp³-hybridized carbons (Fsp3) is 0.562. The largest absolute Gasteiger partial charge is 0.337 e. The van der Waals surface area contributed by atoms with Gasteiger partial charge < -0.3 is 15.5 Å². The van der Waals surface area contributed by atoms with Crippen molar-refractivity contribution in [2.24, 2.45) is 0 Å². The minimum Gasteiger partial charge on any atom is -0.337 e. The number of amides is 2. The van der Waals surface area contributed by atoms with E-state index in [1.165, 1.54) is 5.56 Å². The van der Waals surface area contributed by atoms with Crippen molar-refractivity contribution in [2.45, 2.75) is 38.6 Å². The van der Waals surface area contributed by atoms with E-state index >= 15 is 0 Å². The van der Waals surface area contributed by atoms with E-state index in [0.717, 1.165) is 31.6 Å². The van der Waals surface area contributed by atoms with Crippen LogP contribution in [0.3, 0.4) is 0 Å². The molecule has 4 heteroatoms. The zero-order valence-corrected chi connectivity index (χ0v) is 12.7. The molecule has 0 saturated carbocycles. The van der Waals surface area contributed by atoms with Crippen LogP contribution < -0.4 is 15.5 Å². The number of anilines is 1. The molecule has 1 aromatic carbocycles. The molecule has 0 atom stereocenters. The zero-order valence-electron chi connectivity index (χ0n) is 12.7. The standard InChI is InChI=1S/C16H25N3O/c1-12(2)13-4-6-14(7-5-13)17-16(20)18-15-8-10-19(3)11-9-15/h4-7,12,15H,8-11H2,1-3H3,(H2,17,18,20)/p+1. The number of piperidine rings is 1. The molecule has 3 N–H and O–H groups in total. The van der Waals surface area contributed by atoms with Gasteiger partial charge in [0.05, 0.1) is 20.1 Å². The second-order valence-corrected chi connectivity index (χ2v) is 6.11. The smallest absolute Gasteiger partial charge is 0.319 e. The van der Waals surface area contributed by atoms with Gasteiger partial charge in [-0.2, -0.15) is 0 Å². The van der Waals surface area contributed by atoms with Gasteiger partial charge in [-0.05, 0) is 23.6 Å². The highest BCUT2D eigenvalue weighted by atomic mass is 16.2. The van der Waals surface area contributed by atoms with Crippen molar-refractivity contribution in [1.82, 2.24) is 5.32 Å². The zero-order chi connectivity index (χ0) is 14.5. The van der Waals surface area contributed by atoms with Crippen molar-refractivity contribution in [2.75, 3.05) is 25.5 Å². The lowest BCUT2D eigenvalue weighted by atomic mass is 10.0. The van der Waals surface area contributed by atoms with Crippen molar-refractivity contribution < 1.29 is 9.69 Å². The molecule has 2 amide bonds. The van der Waals surface area contributed by atoms with Crippen molar-refractivity contribution in [3.05, 3.63) is 29.8 Å². The Morgan fingerprint density at radius 2 is 1.80 bits per heavy atom. The molecule has 0 spiro atoms. The first kappa shape index (κ1) is 14.9. The molecule has 0 radical (unpaired) electrons. The van der Waals surface area contributed by atoms with Gasteiger partial charge >= 0.3 is 6.03 Å². The summed E-state index contributed by atoms with van der Waals surface area (Å²) in [5.41, 5.74) is 2.14. The molecule has 0 aromatic heterocycles. The third-order valence-corrected chi connectivity index (χ3v) is 4.01. The maximum atomic E-state index is 12.0. The quantitative estimate of drug-likeness (QED) is 0.771. The number of benzene rings is 1. The first-order valence-electron chi connectivity index (χ1n) is 7.53. The Morgan fingerprint density at radius 1 is 1.20 bits per heavy atom. The van der Waals surface area contributed by atoms with Gasteiger partial charge in [-0.3, -0.25) is 0 Å². The Morgan fingerprint density at radius 3 is 2.35 bits per heavy atom. The third kappa shape index (κ3) is 4.23. The lowest BCUT2D eigenvalue weighted by Gasteiger charge is -2.27. The highest BCUT2D eigenvalue weighted by molar-refractivity contribution is 5.89. The number of nitrogens with one attached hydrogen (secondary N) is 3. The maximum absolute atomic E-state index is 12.0. The van der Waals surface area contributed by atoms with Crippen LogP contribution in [0.2, 0.25) is 0 Å². The predicted molar refractivity (Wildman–Crippen MR) is 82.3 cm³/mol. The molecule has 110 valence electrons. The maximum Gasteiger partial charge on any atom is 0.319 e. The molecule has 1 aromatic rings. The van der Waals surface area contributed by atoms with Crippen molar-refractivity contribution >= 4 is 11.7 Å².